The molecule has 5 rings (SSSR count). The van der Waals surface area contributed by atoms with Crippen molar-refractivity contribution in [1.29, 1.82) is 0 Å². The number of allylic oxidation sites excluding steroid dienone is 2. The second-order valence-electron chi connectivity index (χ2n) is 15.2. The summed E-state index contributed by atoms with van der Waals surface area (Å²) in [6.45, 7) is 25.8. The van der Waals surface area contributed by atoms with Gasteiger partial charge >= 0.3 is 286 Å². The molecule has 45 heavy (non-hydrogen) atoms. The van der Waals surface area contributed by atoms with E-state index in [1.54, 1.807) is 0 Å². The maximum atomic E-state index is 8.99. The first-order valence-electron chi connectivity index (χ1n) is 17.5. The van der Waals surface area contributed by atoms with Crippen LogP contribution in [0.1, 0.15) is 158 Å². The van der Waals surface area contributed by atoms with Crippen molar-refractivity contribution >= 4 is 40.5 Å². The first-order valence-corrected chi connectivity index (χ1v) is 39.1. The standard InChI is InChI=1S/2C17H23.C7H9Si.2ClH.Hf/c2*1-6-13-7-15-9-14(11(2)3)10-16(12(4)5)17(15)8-13;1-8-7-5-3-2-4-6-7;;;/h2*7-12H,6H2,1-5H3;2-6,8H,1H3;2*1H;/q;;;;;+2/p-2. The third-order valence-electron chi connectivity index (χ3n) is 11.2. The Hall–Kier alpha value is -1.19. The van der Waals surface area contributed by atoms with E-state index in [-0.39, 0.29) is 7.35 Å². The van der Waals surface area contributed by atoms with E-state index < -0.39 is 21.3 Å². The molecule has 3 aromatic carbocycles. The quantitative estimate of drug-likeness (QED) is 0.179. The van der Waals surface area contributed by atoms with Gasteiger partial charge in [0.05, 0.1) is 0 Å². The minimum atomic E-state index is -5.22. The van der Waals surface area contributed by atoms with Crippen LogP contribution in [0.3, 0.4) is 0 Å². The van der Waals surface area contributed by atoms with Gasteiger partial charge in [0.2, 0.25) is 0 Å². The molecule has 0 radical (unpaired) electrons. The van der Waals surface area contributed by atoms with Gasteiger partial charge in [-0.1, -0.05) is 0 Å². The first kappa shape index (κ1) is 35.1. The third-order valence-corrected chi connectivity index (χ3v) is 77.1. The summed E-state index contributed by atoms with van der Waals surface area (Å²) in [5, 5.41) is 1.42. The van der Waals surface area contributed by atoms with Gasteiger partial charge in [0.15, 0.2) is 0 Å². The zero-order valence-electron chi connectivity index (χ0n) is 29.6. The van der Waals surface area contributed by atoms with E-state index in [9.17, 15) is 0 Å². The summed E-state index contributed by atoms with van der Waals surface area (Å²) in [4.78, 5) is 0. The van der Waals surface area contributed by atoms with E-state index in [0.717, 1.165) is 12.8 Å². The molecule has 2 aliphatic carbocycles. The maximum absolute atomic E-state index is 8.99. The molecule has 0 amide bonds. The van der Waals surface area contributed by atoms with Gasteiger partial charge in [-0.05, 0) is 0 Å². The average Bonchev–Trinajstić information content (AvgIpc) is 3.59. The number of fused-ring (bicyclic) bond motifs is 2. The van der Waals surface area contributed by atoms with Crippen molar-refractivity contribution in [2.45, 2.75) is 120 Å². The van der Waals surface area contributed by atoms with Crippen LogP contribution < -0.4 is 5.19 Å². The van der Waals surface area contributed by atoms with Crippen LogP contribution in [0.15, 0.2) is 65.7 Å². The SMILES string of the molecule is CCC1=Cc2c(C(C)C)cc(C(C)C)cc2[CH]1[Hf]([Cl])([Cl])([CH]1C(CC)=Cc2c(C(C)C)cc(C(C)C)cc21)[SiH](C)c1ccccc1. The molecule has 0 spiro atoms. The van der Waals surface area contributed by atoms with Gasteiger partial charge in [0.25, 0.3) is 0 Å². The number of benzene rings is 3. The fourth-order valence-corrected chi connectivity index (χ4v) is 66.0. The Bertz CT molecular complexity index is 1550. The van der Waals surface area contributed by atoms with Gasteiger partial charge in [-0.3, -0.25) is 0 Å². The number of hydrogen-bond acceptors (Lipinski definition) is 0. The molecule has 0 fully saturated rings. The molecule has 3 unspecified atom stereocenters. The third kappa shape index (κ3) is 5.81. The van der Waals surface area contributed by atoms with E-state index in [0.29, 0.717) is 23.7 Å². The summed E-state index contributed by atoms with van der Waals surface area (Å²) in [5.74, 6) is -0.180. The molecule has 0 saturated carbocycles. The molecule has 3 aromatic rings. The van der Waals surface area contributed by atoms with Crippen LogP contribution in [0.4, 0.5) is 0 Å². The van der Waals surface area contributed by atoms with Crippen LogP contribution in [0.5, 0.6) is 0 Å². The zero-order valence-corrected chi connectivity index (χ0v) is 35.8. The molecule has 4 heteroatoms. The molecular weight excluding hydrogens is 770 g/mol. The second kappa shape index (κ2) is 13.0. The summed E-state index contributed by atoms with van der Waals surface area (Å²) in [6.07, 6.45) is 7.01. The molecule has 241 valence electrons. The van der Waals surface area contributed by atoms with E-state index >= 15 is 0 Å². The van der Waals surface area contributed by atoms with Crippen molar-refractivity contribution in [3.8, 4) is 0 Å². The van der Waals surface area contributed by atoms with Crippen molar-refractivity contribution in [3.05, 3.63) is 110 Å². The number of rotatable bonds is 10. The summed E-state index contributed by atoms with van der Waals surface area (Å²) >= 11 is -5.22. The topological polar surface area (TPSA) is 0 Å². The first-order chi connectivity index (χ1) is 21.1. The average molecular weight is 825 g/mol. The summed E-state index contributed by atoms with van der Waals surface area (Å²) in [6, 6.07) is 21.2. The summed E-state index contributed by atoms with van der Waals surface area (Å²) in [7, 11) is 18.0. The summed E-state index contributed by atoms with van der Waals surface area (Å²) < 4.78 is 0.221. The fraction of sp³-hybridized carbons (Fsp3) is 0.463. The van der Waals surface area contributed by atoms with Gasteiger partial charge < -0.3 is 0 Å². The Balaban J connectivity index is 1.93. The Labute approximate surface area is 283 Å². The van der Waals surface area contributed by atoms with Crippen LogP contribution in [-0.2, 0) is 15.3 Å². The van der Waals surface area contributed by atoms with Crippen LogP contribution >= 0.6 is 17.2 Å². The van der Waals surface area contributed by atoms with Gasteiger partial charge in [-0.15, -0.1) is 0 Å². The van der Waals surface area contributed by atoms with E-state index in [1.807, 2.05) is 0 Å². The van der Waals surface area contributed by atoms with Crippen molar-refractivity contribution < 1.29 is 15.3 Å². The van der Waals surface area contributed by atoms with Crippen LogP contribution in [0, 0.1) is 0 Å². The van der Waals surface area contributed by atoms with Gasteiger partial charge in [-0.25, -0.2) is 0 Å². The van der Waals surface area contributed by atoms with Gasteiger partial charge in [-0.2, -0.15) is 0 Å². The van der Waals surface area contributed by atoms with E-state index in [4.69, 9.17) is 17.2 Å². The minimum absolute atomic E-state index is 0.111. The molecular formula is C41H55Cl2HfSi. The second-order valence-corrected chi connectivity index (χ2v) is 71.2. The molecule has 0 heterocycles. The molecule has 0 bridgehead atoms. The monoisotopic (exact) mass is 825 g/mol. The number of hydrogen-bond donors (Lipinski definition) is 0. The molecule has 0 N–H and O–H groups in total. The van der Waals surface area contributed by atoms with Crippen LogP contribution in [-0.4, -0.2) is 5.98 Å². The Morgan fingerprint density at radius 3 is 1.36 bits per heavy atom. The molecule has 3 atom stereocenters. The van der Waals surface area contributed by atoms with Crippen molar-refractivity contribution in [3.63, 3.8) is 0 Å². The zero-order chi connectivity index (χ0) is 33.0. The molecule has 0 aliphatic heterocycles. The molecule has 0 aromatic heterocycles. The predicted molar refractivity (Wildman–Crippen MR) is 202 cm³/mol. The molecule has 0 nitrogen and oxygen atoms in total. The predicted octanol–water partition coefficient (Wildman–Crippen LogP) is 12.8. The van der Waals surface area contributed by atoms with Gasteiger partial charge in [0, 0.05) is 0 Å². The van der Waals surface area contributed by atoms with Crippen molar-refractivity contribution in [2.75, 3.05) is 0 Å². The van der Waals surface area contributed by atoms with Crippen LogP contribution in [0.25, 0.3) is 12.2 Å². The molecule has 0 saturated heterocycles. The Morgan fingerprint density at radius 1 is 0.622 bits per heavy atom. The van der Waals surface area contributed by atoms with Crippen molar-refractivity contribution in [1.82, 2.24) is 0 Å². The van der Waals surface area contributed by atoms with Crippen molar-refractivity contribution in [2.24, 2.45) is 0 Å². The normalized spacial score (nSPS) is 19.5. The molecule has 2 aliphatic rings. The van der Waals surface area contributed by atoms with E-state index in [2.05, 4.69) is 143 Å². The van der Waals surface area contributed by atoms with Crippen LogP contribution in [0.2, 0.25) is 6.55 Å². The number of halogens is 2. The van der Waals surface area contributed by atoms with Gasteiger partial charge in [0.1, 0.15) is 0 Å². The fourth-order valence-electron chi connectivity index (χ4n) is 8.46. The summed E-state index contributed by atoms with van der Waals surface area (Å²) in [5.41, 5.74) is 14.4. The Kier molecular flexibility index (Phi) is 10.2. The van der Waals surface area contributed by atoms with E-state index in [1.165, 1.54) is 60.8 Å². The Morgan fingerprint density at radius 2 is 1.02 bits per heavy atom.